The Balaban J connectivity index is 2.20. The molecule has 0 aliphatic carbocycles. The van der Waals surface area contributed by atoms with E-state index in [1.807, 2.05) is 0 Å². The molecule has 6 heteroatoms. The number of rotatable bonds is 5. The van der Waals surface area contributed by atoms with E-state index in [4.69, 9.17) is 9.15 Å². The van der Waals surface area contributed by atoms with Crippen molar-refractivity contribution in [1.82, 2.24) is 0 Å². The van der Waals surface area contributed by atoms with Crippen molar-refractivity contribution in [3.05, 3.63) is 81.9 Å². The molecule has 0 radical (unpaired) electrons. The van der Waals surface area contributed by atoms with Crippen LogP contribution in [0.2, 0.25) is 0 Å². The van der Waals surface area contributed by atoms with Gasteiger partial charge in [0.15, 0.2) is 0 Å². The third kappa shape index (κ3) is 3.84. The molecule has 0 saturated carbocycles. The lowest BCUT2D eigenvalue weighted by atomic mass is 9.95. The summed E-state index contributed by atoms with van der Waals surface area (Å²) in [6, 6.07) is 15.3. The second kappa shape index (κ2) is 7.78. The van der Waals surface area contributed by atoms with Crippen LogP contribution < -0.4 is 10.4 Å². The van der Waals surface area contributed by atoms with Crippen LogP contribution in [0.25, 0.3) is 11.1 Å². The number of phenols is 1. The van der Waals surface area contributed by atoms with Crippen molar-refractivity contribution in [3.8, 4) is 22.6 Å². The van der Waals surface area contributed by atoms with Gasteiger partial charge in [0.25, 0.3) is 0 Å². The number of hydrogen-bond acceptors (Lipinski definition) is 6. The number of esters is 1. The maximum atomic E-state index is 12.6. The third-order valence-electron chi connectivity index (χ3n) is 4.18. The van der Waals surface area contributed by atoms with Crippen molar-refractivity contribution < 1.29 is 23.8 Å². The predicted octanol–water partition coefficient (Wildman–Crippen LogP) is 3.40. The summed E-state index contributed by atoms with van der Waals surface area (Å²) >= 11 is 0. The zero-order chi connectivity index (χ0) is 19.4. The first-order valence-corrected chi connectivity index (χ1v) is 8.20. The molecule has 3 rings (SSSR count). The highest BCUT2D eigenvalue weighted by molar-refractivity contribution is 5.88. The van der Waals surface area contributed by atoms with Crippen molar-refractivity contribution in [2.24, 2.45) is 0 Å². The van der Waals surface area contributed by atoms with Crippen LogP contribution in [-0.2, 0) is 11.2 Å². The average Bonchev–Trinajstić information content (AvgIpc) is 2.70. The molecule has 27 heavy (non-hydrogen) atoms. The molecular weight excluding hydrogens is 348 g/mol. The zero-order valence-corrected chi connectivity index (χ0v) is 14.9. The molecule has 1 N–H and O–H groups in total. The maximum absolute atomic E-state index is 12.6. The summed E-state index contributed by atoms with van der Waals surface area (Å²) in [6.45, 7) is 0. The molecule has 2 aromatic carbocycles. The number of carbonyl (C=O) groups excluding carboxylic acids is 1. The molecule has 0 unspecified atom stereocenters. The monoisotopic (exact) mass is 366 g/mol. The topological polar surface area (TPSA) is 86.0 Å². The maximum Gasteiger partial charge on any atom is 0.374 e. The SMILES string of the molecule is COC(=O)c1cc(-c2cccc(OC)c2)c(Cc2ccccc2O)c(=O)o1. The lowest BCUT2D eigenvalue weighted by Crippen LogP contribution is -2.14. The zero-order valence-electron chi connectivity index (χ0n) is 14.9. The second-order valence-corrected chi connectivity index (χ2v) is 5.82. The fourth-order valence-electron chi connectivity index (χ4n) is 2.79. The Labute approximate surface area is 155 Å². The minimum Gasteiger partial charge on any atom is -0.508 e. The summed E-state index contributed by atoms with van der Waals surface area (Å²) in [7, 11) is 2.75. The highest BCUT2D eigenvalue weighted by Gasteiger charge is 2.19. The summed E-state index contributed by atoms with van der Waals surface area (Å²) in [6.07, 6.45) is 0.142. The molecule has 1 aromatic heterocycles. The predicted molar refractivity (Wildman–Crippen MR) is 99.2 cm³/mol. The summed E-state index contributed by atoms with van der Waals surface area (Å²) in [5.41, 5.74) is 1.41. The van der Waals surface area contributed by atoms with Gasteiger partial charge in [0.05, 0.1) is 19.8 Å². The number of ether oxygens (including phenoxy) is 2. The number of hydrogen-bond donors (Lipinski definition) is 1. The summed E-state index contributed by atoms with van der Waals surface area (Å²) in [5, 5.41) is 10.1. The molecule has 3 aromatic rings. The van der Waals surface area contributed by atoms with E-state index in [-0.39, 0.29) is 17.9 Å². The normalized spacial score (nSPS) is 10.4. The van der Waals surface area contributed by atoms with Crippen molar-refractivity contribution in [1.29, 1.82) is 0 Å². The van der Waals surface area contributed by atoms with Gasteiger partial charge >= 0.3 is 11.6 Å². The van der Waals surface area contributed by atoms with E-state index in [9.17, 15) is 14.7 Å². The highest BCUT2D eigenvalue weighted by atomic mass is 16.5. The highest BCUT2D eigenvalue weighted by Crippen LogP contribution is 2.29. The van der Waals surface area contributed by atoms with Gasteiger partial charge < -0.3 is 19.0 Å². The Morgan fingerprint density at radius 1 is 1.07 bits per heavy atom. The van der Waals surface area contributed by atoms with E-state index in [1.165, 1.54) is 13.2 Å². The largest absolute Gasteiger partial charge is 0.508 e. The quantitative estimate of drug-likeness (QED) is 0.697. The lowest BCUT2D eigenvalue weighted by Gasteiger charge is -2.12. The van der Waals surface area contributed by atoms with E-state index in [1.54, 1.807) is 55.6 Å². The molecule has 138 valence electrons. The van der Waals surface area contributed by atoms with Crippen molar-refractivity contribution in [2.45, 2.75) is 6.42 Å². The first kappa shape index (κ1) is 18.3. The van der Waals surface area contributed by atoms with Crippen LogP contribution in [-0.4, -0.2) is 25.3 Å². The lowest BCUT2D eigenvalue weighted by molar-refractivity contribution is 0.0559. The number of benzene rings is 2. The van der Waals surface area contributed by atoms with Gasteiger partial charge in [-0.3, -0.25) is 0 Å². The van der Waals surface area contributed by atoms with Crippen molar-refractivity contribution >= 4 is 5.97 Å². The van der Waals surface area contributed by atoms with Gasteiger partial charge in [-0.25, -0.2) is 9.59 Å². The van der Waals surface area contributed by atoms with E-state index in [2.05, 4.69) is 4.74 Å². The van der Waals surface area contributed by atoms with Gasteiger partial charge in [-0.1, -0.05) is 30.3 Å². The van der Waals surface area contributed by atoms with Crippen molar-refractivity contribution in [2.75, 3.05) is 14.2 Å². The standard InChI is InChI=1S/C21H18O6/c1-25-15-8-5-7-13(10-15)16-12-19(21(24)26-2)27-20(23)17(16)11-14-6-3-4-9-18(14)22/h3-10,12,22H,11H2,1-2H3. The van der Waals surface area contributed by atoms with Crippen LogP contribution >= 0.6 is 0 Å². The molecule has 0 spiro atoms. The summed E-state index contributed by atoms with van der Waals surface area (Å²) in [4.78, 5) is 24.5. The fourth-order valence-corrected chi connectivity index (χ4v) is 2.79. The van der Waals surface area contributed by atoms with Gasteiger partial charge in [-0.05, 0) is 41.0 Å². The molecule has 1 heterocycles. The van der Waals surface area contributed by atoms with Crippen LogP contribution in [0.5, 0.6) is 11.5 Å². The Morgan fingerprint density at radius 3 is 2.56 bits per heavy atom. The van der Waals surface area contributed by atoms with Gasteiger partial charge in [0.2, 0.25) is 5.76 Å². The number of aromatic hydroxyl groups is 1. The van der Waals surface area contributed by atoms with Gasteiger partial charge in [-0.15, -0.1) is 0 Å². The molecule has 0 aliphatic rings. The van der Waals surface area contributed by atoms with Crippen LogP contribution in [0, 0.1) is 0 Å². The van der Waals surface area contributed by atoms with Gasteiger partial charge in [-0.2, -0.15) is 0 Å². The first-order chi connectivity index (χ1) is 13.0. The molecule has 6 nitrogen and oxygen atoms in total. The Hall–Kier alpha value is -3.54. The van der Waals surface area contributed by atoms with E-state index < -0.39 is 11.6 Å². The number of para-hydroxylation sites is 1. The second-order valence-electron chi connectivity index (χ2n) is 5.82. The summed E-state index contributed by atoms with van der Waals surface area (Å²) < 4.78 is 15.1. The average molecular weight is 366 g/mol. The molecule has 0 saturated heterocycles. The van der Waals surface area contributed by atoms with E-state index in [0.29, 0.717) is 28.0 Å². The number of phenolic OH excluding ortho intramolecular Hbond substituents is 1. The first-order valence-electron chi connectivity index (χ1n) is 8.20. The molecule has 0 bridgehead atoms. The van der Waals surface area contributed by atoms with Crippen LogP contribution in [0.4, 0.5) is 0 Å². The van der Waals surface area contributed by atoms with Crippen LogP contribution in [0.15, 0.2) is 63.8 Å². The number of carbonyl (C=O) groups is 1. The third-order valence-corrected chi connectivity index (χ3v) is 4.18. The number of methoxy groups -OCH3 is 2. The minimum atomic E-state index is -0.745. The molecule has 0 atom stereocenters. The Morgan fingerprint density at radius 2 is 1.85 bits per heavy atom. The molecule has 0 amide bonds. The molecule has 0 aliphatic heterocycles. The molecular formula is C21H18O6. The van der Waals surface area contributed by atoms with Gasteiger partial charge in [0.1, 0.15) is 11.5 Å². The smallest absolute Gasteiger partial charge is 0.374 e. The fraction of sp³-hybridized carbons (Fsp3) is 0.143. The Bertz CT molecular complexity index is 1030. The Kier molecular flexibility index (Phi) is 5.26. The van der Waals surface area contributed by atoms with Gasteiger partial charge in [0, 0.05) is 6.42 Å². The summed E-state index contributed by atoms with van der Waals surface area (Å²) in [5.74, 6) is -0.258. The minimum absolute atomic E-state index is 0.0746. The van der Waals surface area contributed by atoms with Crippen molar-refractivity contribution in [3.63, 3.8) is 0 Å². The van der Waals surface area contributed by atoms with E-state index >= 15 is 0 Å². The van der Waals surface area contributed by atoms with Crippen LogP contribution in [0.3, 0.4) is 0 Å². The molecule has 0 fully saturated rings. The van der Waals surface area contributed by atoms with E-state index in [0.717, 1.165) is 0 Å². The van der Waals surface area contributed by atoms with Crippen LogP contribution in [0.1, 0.15) is 21.7 Å².